The molecule has 0 aliphatic rings. The van der Waals surface area contributed by atoms with Gasteiger partial charge in [0.25, 0.3) is 5.91 Å². The minimum absolute atomic E-state index is 0.0178. The first-order chi connectivity index (χ1) is 12.0. The number of hydrogen-bond acceptors (Lipinski definition) is 4. The molecule has 1 unspecified atom stereocenters. The maximum absolute atomic E-state index is 13.0. The Labute approximate surface area is 148 Å². The lowest BCUT2D eigenvalue weighted by Crippen LogP contribution is -2.29. The van der Waals surface area contributed by atoms with E-state index in [2.05, 4.69) is 5.32 Å². The summed E-state index contributed by atoms with van der Waals surface area (Å²) in [6.07, 6.45) is -5.22. The van der Waals surface area contributed by atoms with Crippen LogP contribution in [0, 0.1) is 0 Å². The van der Waals surface area contributed by atoms with Crippen molar-refractivity contribution in [1.29, 1.82) is 0 Å². The van der Waals surface area contributed by atoms with Gasteiger partial charge in [-0.25, -0.2) is 8.42 Å². The van der Waals surface area contributed by atoms with Gasteiger partial charge in [0.05, 0.1) is 16.6 Å². The lowest BCUT2D eigenvalue weighted by molar-refractivity contribution is -0.139. The third-order valence-electron chi connectivity index (χ3n) is 3.61. The number of halogens is 3. The lowest BCUT2D eigenvalue weighted by atomic mass is 10.0. The first kappa shape index (κ1) is 19.9. The molecule has 2 rings (SSSR count). The van der Waals surface area contributed by atoms with Gasteiger partial charge in [-0.2, -0.15) is 13.2 Å². The van der Waals surface area contributed by atoms with Crippen LogP contribution in [0.15, 0.2) is 53.4 Å². The van der Waals surface area contributed by atoms with Gasteiger partial charge in [0, 0.05) is 18.4 Å². The van der Waals surface area contributed by atoms with Gasteiger partial charge >= 0.3 is 6.18 Å². The van der Waals surface area contributed by atoms with Crippen LogP contribution in [0.3, 0.4) is 0 Å². The average molecular weight is 387 g/mol. The number of rotatable bonds is 5. The van der Waals surface area contributed by atoms with Crippen LogP contribution in [0.2, 0.25) is 0 Å². The second-order valence-electron chi connectivity index (χ2n) is 5.61. The first-order valence-electron chi connectivity index (χ1n) is 7.42. The Morgan fingerprint density at radius 2 is 1.81 bits per heavy atom. The zero-order valence-corrected chi connectivity index (χ0v) is 14.4. The summed E-state index contributed by atoms with van der Waals surface area (Å²) in [5.74, 6) is -0.709. The normalized spacial score (nSPS) is 13.3. The number of nitrogens with one attached hydrogen (secondary N) is 1. The lowest BCUT2D eigenvalue weighted by Gasteiger charge is -2.18. The summed E-state index contributed by atoms with van der Waals surface area (Å²) >= 11 is 0. The van der Waals surface area contributed by atoms with E-state index in [1.807, 2.05) is 0 Å². The minimum atomic E-state index is -4.63. The molecular formula is C17H16F3NO4S. The molecule has 2 N–H and O–H groups in total. The van der Waals surface area contributed by atoms with Crippen molar-refractivity contribution in [3.8, 4) is 0 Å². The summed E-state index contributed by atoms with van der Waals surface area (Å²) in [4.78, 5) is 12.0. The van der Waals surface area contributed by atoms with Gasteiger partial charge in [-0.1, -0.05) is 24.3 Å². The van der Waals surface area contributed by atoms with E-state index in [9.17, 15) is 31.5 Å². The monoisotopic (exact) mass is 387 g/mol. The Hall–Kier alpha value is -2.39. The Morgan fingerprint density at radius 1 is 1.15 bits per heavy atom. The van der Waals surface area contributed by atoms with Crippen LogP contribution in [0.1, 0.15) is 27.6 Å². The highest BCUT2D eigenvalue weighted by Crippen LogP contribution is 2.34. The van der Waals surface area contributed by atoms with Gasteiger partial charge in [0.2, 0.25) is 0 Å². The first-order valence-corrected chi connectivity index (χ1v) is 9.32. The number of aliphatic hydroxyl groups is 1. The number of benzene rings is 2. The third-order valence-corrected chi connectivity index (χ3v) is 4.72. The van der Waals surface area contributed by atoms with Crippen LogP contribution in [-0.2, 0) is 16.0 Å². The Morgan fingerprint density at radius 3 is 2.42 bits per heavy atom. The van der Waals surface area contributed by atoms with Crippen LogP contribution in [0.4, 0.5) is 13.2 Å². The SMILES string of the molecule is CS(=O)(=O)c1cccc(C(=O)NCC(O)c2ccccc2C(F)(F)F)c1. The molecular weight excluding hydrogens is 371 g/mol. The summed E-state index contributed by atoms with van der Waals surface area (Å²) in [6.45, 7) is -0.463. The highest BCUT2D eigenvalue weighted by molar-refractivity contribution is 7.90. The molecule has 5 nitrogen and oxygen atoms in total. The van der Waals surface area contributed by atoms with Crippen LogP contribution in [0.25, 0.3) is 0 Å². The Bertz CT molecular complexity index is 910. The minimum Gasteiger partial charge on any atom is -0.387 e. The number of alkyl halides is 3. The zero-order valence-electron chi connectivity index (χ0n) is 13.6. The van der Waals surface area contributed by atoms with Crippen molar-refractivity contribution in [2.75, 3.05) is 12.8 Å². The van der Waals surface area contributed by atoms with Crippen molar-refractivity contribution in [3.63, 3.8) is 0 Å². The summed E-state index contributed by atoms with van der Waals surface area (Å²) in [7, 11) is -3.51. The number of hydrogen-bond donors (Lipinski definition) is 2. The van der Waals surface area contributed by atoms with Gasteiger partial charge in [0.1, 0.15) is 0 Å². The molecule has 26 heavy (non-hydrogen) atoms. The fourth-order valence-corrected chi connectivity index (χ4v) is 2.98. The summed E-state index contributed by atoms with van der Waals surface area (Å²) in [6, 6.07) is 9.74. The van der Waals surface area contributed by atoms with Crippen LogP contribution in [-0.4, -0.2) is 32.2 Å². The van der Waals surface area contributed by atoms with Gasteiger partial charge < -0.3 is 10.4 Å². The summed E-state index contributed by atoms with van der Waals surface area (Å²) in [5.41, 5.74) is -1.32. The van der Waals surface area contributed by atoms with E-state index in [0.29, 0.717) is 0 Å². The maximum Gasteiger partial charge on any atom is 0.416 e. The number of carbonyl (C=O) groups is 1. The van der Waals surface area contributed by atoms with Crippen molar-refractivity contribution < 1.29 is 31.5 Å². The molecule has 0 saturated carbocycles. The van der Waals surface area contributed by atoms with E-state index in [4.69, 9.17) is 0 Å². The van der Waals surface area contributed by atoms with Crippen LogP contribution >= 0.6 is 0 Å². The highest BCUT2D eigenvalue weighted by Gasteiger charge is 2.34. The molecule has 140 valence electrons. The second-order valence-corrected chi connectivity index (χ2v) is 7.63. The smallest absolute Gasteiger partial charge is 0.387 e. The highest BCUT2D eigenvalue weighted by atomic mass is 32.2. The van der Waals surface area contributed by atoms with E-state index in [1.165, 1.54) is 30.3 Å². The van der Waals surface area contributed by atoms with E-state index in [-0.39, 0.29) is 16.0 Å². The molecule has 0 aromatic heterocycles. The van der Waals surface area contributed by atoms with Gasteiger partial charge in [0.15, 0.2) is 9.84 Å². The number of carbonyl (C=O) groups excluding carboxylic acids is 1. The van der Waals surface area contributed by atoms with Crippen molar-refractivity contribution in [3.05, 3.63) is 65.2 Å². The van der Waals surface area contributed by atoms with E-state index < -0.39 is 40.1 Å². The molecule has 0 aliphatic carbocycles. The quantitative estimate of drug-likeness (QED) is 0.826. The molecule has 0 bridgehead atoms. The zero-order chi connectivity index (χ0) is 19.5. The topological polar surface area (TPSA) is 83.5 Å². The molecule has 0 radical (unpaired) electrons. The standard InChI is InChI=1S/C17H16F3NO4S/c1-26(24,25)12-6-4-5-11(9-12)16(23)21-10-15(22)13-7-2-3-8-14(13)17(18,19)20/h2-9,15,22H,10H2,1H3,(H,21,23). The third kappa shape index (κ3) is 4.83. The van der Waals surface area contributed by atoms with Crippen molar-refractivity contribution in [2.24, 2.45) is 0 Å². The van der Waals surface area contributed by atoms with Crippen LogP contribution in [0.5, 0.6) is 0 Å². The molecule has 0 spiro atoms. The van der Waals surface area contributed by atoms with Crippen molar-refractivity contribution in [2.45, 2.75) is 17.2 Å². The fraction of sp³-hybridized carbons (Fsp3) is 0.235. The molecule has 0 fully saturated rings. The second kappa shape index (κ2) is 7.46. The van der Waals surface area contributed by atoms with Gasteiger partial charge in [-0.15, -0.1) is 0 Å². The molecule has 2 aromatic carbocycles. The molecule has 0 aliphatic heterocycles. The fourth-order valence-electron chi connectivity index (χ4n) is 2.32. The summed E-state index contributed by atoms with van der Waals surface area (Å²) in [5, 5.41) is 12.3. The van der Waals surface area contributed by atoms with Gasteiger partial charge in [-0.05, 0) is 29.8 Å². The van der Waals surface area contributed by atoms with E-state index in [0.717, 1.165) is 24.5 Å². The van der Waals surface area contributed by atoms with Gasteiger partial charge in [-0.3, -0.25) is 4.79 Å². The molecule has 9 heteroatoms. The molecule has 0 saturated heterocycles. The number of aliphatic hydroxyl groups excluding tert-OH is 1. The molecule has 0 heterocycles. The predicted molar refractivity (Wildman–Crippen MR) is 88.3 cm³/mol. The number of sulfone groups is 1. The number of amides is 1. The predicted octanol–water partition coefficient (Wildman–Crippen LogP) is 2.57. The molecule has 2 aromatic rings. The van der Waals surface area contributed by atoms with Crippen LogP contribution < -0.4 is 5.32 Å². The summed E-state index contributed by atoms with van der Waals surface area (Å²) < 4.78 is 61.9. The molecule has 1 amide bonds. The Balaban J connectivity index is 2.14. The van der Waals surface area contributed by atoms with E-state index in [1.54, 1.807) is 0 Å². The van der Waals surface area contributed by atoms with E-state index >= 15 is 0 Å². The maximum atomic E-state index is 13.0. The van der Waals surface area contributed by atoms with Crippen molar-refractivity contribution >= 4 is 15.7 Å². The molecule has 1 atom stereocenters. The largest absolute Gasteiger partial charge is 0.416 e. The van der Waals surface area contributed by atoms with Crippen molar-refractivity contribution in [1.82, 2.24) is 5.32 Å². The Kier molecular flexibility index (Phi) is 5.72. The average Bonchev–Trinajstić information content (AvgIpc) is 2.58.